The van der Waals surface area contributed by atoms with Crippen molar-refractivity contribution in [3.05, 3.63) is 70.8 Å². The van der Waals surface area contributed by atoms with E-state index >= 15 is 0 Å². The Bertz CT molecular complexity index is 1070. The number of hydrogen-bond donors (Lipinski definition) is 1. The standard InChI is InChI=1S/C28H36N4O2/c1-5-22(6-2)26(33)32(7-3)19-21-15-23-10-8-12-28(27(29)34,24-11-9-13-30-18-24)16-20(4)14-25(23)31-17-21/h8-11,13-15,17-18,22H,5-7,12,16,19H2,1-4H3,(H2,29,34)/b10-8+,20-14+. The van der Waals surface area contributed by atoms with Crippen molar-refractivity contribution in [1.29, 1.82) is 0 Å². The van der Waals surface area contributed by atoms with Crippen molar-refractivity contribution in [2.75, 3.05) is 6.54 Å². The molecule has 2 amide bonds. The van der Waals surface area contributed by atoms with Gasteiger partial charge in [-0.25, -0.2) is 0 Å². The number of amides is 2. The van der Waals surface area contributed by atoms with Crippen LogP contribution in [0.3, 0.4) is 0 Å². The molecule has 3 rings (SSSR count). The lowest BCUT2D eigenvalue weighted by atomic mass is 9.73. The first kappa shape index (κ1) is 25.3. The molecule has 0 fully saturated rings. The van der Waals surface area contributed by atoms with Gasteiger partial charge < -0.3 is 10.6 Å². The van der Waals surface area contributed by atoms with Crippen molar-refractivity contribution in [3.8, 4) is 0 Å². The third-order valence-electron chi connectivity index (χ3n) is 6.82. The van der Waals surface area contributed by atoms with Crippen molar-refractivity contribution in [2.24, 2.45) is 11.7 Å². The van der Waals surface area contributed by atoms with Gasteiger partial charge in [-0.2, -0.15) is 0 Å². The Hall–Kier alpha value is -3.28. The summed E-state index contributed by atoms with van der Waals surface area (Å²) >= 11 is 0. The second kappa shape index (κ2) is 11.2. The first-order valence-electron chi connectivity index (χ1n) is 12.2. The van der Waals surface area contributed by atoms with Crippen LogP contribution in [-0.2, 0) is 21.5 Å². The van der Waals surface area contributed by atoms with Gasteiger partial charge in [0.2, 0.25) is 11.8 Å². The van der Waals surface area contributed by atoms with Crippen LogP contribution in [0.25, 0.3) is 12.2 Å². The molecule has 2 aromatic heterocycles. The molecule has 0 bridgehead atoms. The van der Waals surface area contributed by atoms with Crippen molar-refractivity contribution in [1.82, 2.24) is 14.9 Å². The Labute approximate surface area is 203 Å². The van der Waals surface area contributed by atoms with E-state index in [0.29, 0.717) is 25.9 Å². The first-order chi connectivity index (χ1) is 16.3. The van der Waals surface area contributed by atoms with Gasteiger partial charge >= 0.3 is 0 Å². The molecule has 0 saturated carbocycles. The molecule has 180 valence electrons. The van der Waals surface area contributed by atoms with Gasteiger partial charge in [-0.3, -0.25) is 19.6 Å². The lowest BCUT2D eigenvalue weighted by molar-refractivity contribution is -0.136. The maximum Gasteiger partial charge on any atom is 0.228 e. The molecule has 0 spiro atoms. The van der Waals surface area contributed by atoms with Gasteiger partial charge in [0.15, 0.2) is 0 Å². The van der Waals surface area contributed by atoms with Gasteiger partial charge in [-0.15, -0.1) is 0 Å². The van der Waals surface area contributed by atoms with Crippen LogP contribution in [0.1, 0.15) is 75.8 Å². The number of aromatic nitrogens is 2. The Morgan fingerprint density at radius 2 is 1.97 bits per heavy atom. The highest BCUT2D eigenvalue weighted by molar-refractivity contribution is 5.88. The molecule has 34 heavy (non-hydrogen) atoms. The van der Waals surface area contributed by atoms with Gasteiger partial charge in [0.05, 0.1) is 11.1 Å². The van der Waals surface area contributed by atoms with Gasteiger partial charge in [0, 0.05) is 43.2 Å². The molecule has 0 aromatic carbocycles. The molecule has 6 heteroatoms. The summed E-state index contributed by atoms with van der Waals surface area (Å²) in [5.41, 5.74) is 9.74. The zero-order chi connectivity index (χ0) is 24.7. The Kier molecular flexibility index (Phi) is 8.37. The summed E-state index contributed by atoms with van der Waals surface area (Å²) in [5, 5.41) is 0. The van der Waals surface area contributed by atoms with Crippen molar-refractivity contribution in [2.45, 2.75) is 65.3 Å². The molecule has 0 saturated heterocycles. The van der Waals surface area contributed by atoms with E-state index < -0.39 is 5.41 Å². The number of nitrogens with zero attached hydrogens (tertiary/aromatic N) is 3. The molecule has 1 aliphatic carbocycles. The molecular weight excluding hydrogens is 424 g/mol. The van der Waals surface area contributed by atoms with Crippen LogP contribution in [0.5, 0.6) is 0 Å². The predicted octanol–water partition coefficient (Wildman–Crippen LogP) is 4.89. The highest BCUT2D eigenvalue weighted by atomic mass is 16.2. The van der Waals surface area contributed by atoms with E-state index in [1.54, 1.807) is 12.4 Å². The minimum Gasteiger partial charge on any atom is -0.369 e. The molecule has 6 nitrogen and oxygen atoms in total. The molecule has 1 aliphatic rings. The van der Waals surface area contributed by atoms with Crippen LogP contribution in [0.15, 0.2) is 48.4 Å². The molecule has 2 aromatic rings. The summed E-state index contributed by atoms with van der Waals surface area (Å²) in [6, 6.07) is 5.84. The van der Waals surface area contributed by atoms with Crippen LogP contribution < -0.4 is 5.73 Å². The smallest absolute Gasteiger partial charge is 0.228 e. The maximum absolute atomic E-state index is 12.9. The minimum atomic E-state index is -0.864. The topological polar surface area (TPSA) is 89.2 Å². The van der Waals surface area contributed by atoms with E-state index in [4.69, 9.17) is 10.7 Å². The summed E-state index contributed by atoms with van der Waals surface area (Å²) < 4.78 is 0. The summed E-state index contributed by atoms with van der Waals surface area (Å²) in [5.74, 6) is -0.110. The SMILES string of the molecule is CCC(CC)C(=O)N(CC)Cc1cnc2c(c1)/C=C/CC(C(N)=O)(c1cccnc1)C/C(C)=C/2. The fourth-order valence-corrected chi connectivity index (χ4v) is 4.76. The van der Waals surface area contributed by atoms with Gasteiger partial charge in [-0.1, -0.05) is 37.6 Å². The molecular formula is C28H36N4O2. The van der Waals surface area contributed by atoms with Crippen molar-refractivity contribution in [3.63, 3.8) is 0 Å². The van der Waals surface area contributed by atoms with Gasteiger partial charge in [0.25, 0.3) is 0 Å². The number of carbonyl (C=O) groups is 2. The van der Waals surface area contributed by atoms with Crippen LogP contribution in [0.4, 0.5) is 0 Å². The molecule has 1 atom stereocenters. The molecule has 0 radical (unpaired) electrons. The zero-order valence-corrected chi connectivity index (χ0v) is 20.8. The van der Waals surface area contributed by atoms with E-state index in [1.807, 2.05) is 55.3 Å². The number of allylic oxidation sites excluding steroid dienone is 2. The number of hydrogen-bond acceptors (Lipinski definition) is 4. The van der Waals surface area contributed by atoms with Crippen molar-refractivity contribution < 1.29 is 9.59 Å². The quantitative estimate of drug-likeness (QED) is 0.607. The Morgan fingerprint density at radius 1 is 1.21 bits per heavy atom. The highest BCUT2D eigenvalue weighted by Crippen LogP contribution is 2.37. The second-order valence-electron chi connectivity index (χ2n) is 9.15. The first-order valence-corrected chi connectivity index (χ1v) is 12.2. The average Bonchev–Trinajstić information content (AvgIpc) is 2.91. The van der Waals surface area contributed by atoms with E-state index in [2.05, 4.69) is 24.9 Å². The van der Waals surface area contributed by atoms with Crippen molar-refractivity contribution >= 4 is 24.0 Å². The van der Waals surface area contributed by atoms with E-state index in [-0.39, 0.29) is 17.7 Å². The predicted molar refractivity (Wildman–Crippen MR) is 136 cm³/mol. The van der Waals surface area contributed by atoms with Crippen LogP contribution in [0, 0.1) is 5.92 Å². The summed E-state index contributed by atoms with van der Waals surface area (Å²) in [7, 11) is 0. The fraction of sp³-hybridized carbons (Fsp3) is 0.429. The highest BCUT2D eigenvalue weighted by Gasteiger charge is 2.38. The molecule has 2 N–H and O–H groups in total. The third-order valence-corrected chi connectivity index (χ3v) is 6.82. The average molecular weight is 461 g/mol. The van der Waals surface area contributed by atoms with Gasteiger partial charge in [0.1, 0.15) is 0 Å². The maximum atomic E-state index is 12.9. The number of primary amides is 1. The molecule has 1 unspecified atom stereocenters. The Balaban J connectivity index is 1.94. The Morgan fingerprint density at radius 3 is 2.59 bits per heavy atom. The molecule has 0 aliphatic heterocycles. The van der Waals surface area contributed by atoms with Crippen LogP contribution in [0.2, 0.25) is 0 Å². The molecule has 2 heterocycles. The van der Waals surface area contributed by atoms with Gasteiger partial charge in [-0.05, 0) is 68.9 Å². The summed E-state index contributed by atoms with van der Waals surface area (Å²) in [6.07, 6.45) is 14.0. The fourth-order valence-electron chi connectivity index (χ4n) is 4.76. The zero-order valence-electron chi connectivity index (χ0n) is 20.8. The number of carbonyl (C=O) groups excluding carboxylic acids is 2. The number of nitrogens with two attached hydrogens (primary N) is 1. The van der Waals surface area contributed by atoms with E-state index in [1.165, 1.54) is 0 Å². The summed E-state index contributed by atoms with van der Waals surface area (Å²) in [6.45, 7) is 9.34. The largest absolute Gasteiger partial charge is 0.369 e. The van der Waals surface area contributed by atoms with Crippen LogP contribution >= 0.6 is 0 Å². The van der Waals surface area contributed by atoms with E-state index in [9.17, 15) is 9.59 Å². The summed E-state index contributed by atoms with van der Waals surface area (Å²) in [4.78, 5) is 36.5. The monoisotopic (exact) mass is 460 g/mol. The van der Waals surface area contributed by atoms with Crippen LogP contribution in [-0.4, -0.2) is 33.2 Å². The van der Waals surface area contributed by atoms with E-state index in [0.717, 1.165) is 40.8 Å². The minimum absolute atomic E-state index is 0.0561. The normalized spacial score (nSPS) is 20.3. The lowest BCUT2D eigenvalue weighted by Crippen LogP contribution is -2.41. The number of pyridine rings is 2. The number of rotatable bonds is 8. The number of fused-ring (bicyclic) bond motifs is 1. The third kappa shape index (κ3) is 5.44. The lowest BCUT2D eigenvalue weighted by Gasteiger charge is -2.30. The second-order valence-corrected chi connectivity index (χ2v) is 9.15.